The molecule has 0 aromatic carbocycles. The van der Waals surface area contributed by atoms with Crippen molar-refractivity contribution < 1.29 is 23.1 Å². The topological polar surface area (TPSA) is 88.2 Å². The van der Waals surface area contributed by atoms with Crippen LogP contribution in [0.4, 0.5) is 18.9 Å². The van der Waals surface area contributed by atoms with Gasteiger partial charge in [0.15, 0.2) is 6.10 Å². The van der Waals surface area contributed by atoms with Gasteiger partial charge in [0, 0.05) is 0 Å². The molecule has 0 aliphatic carbocycles. The van der Waals surface area contributed by atoms with Crippen molar-refractivity contribution in [3.8, 4) is 0 Å². The number of carbonyl (C=O) groups excluding carboxylic acids is 1. The van der Waals surface area contributed by atoms with Crippen LogP contribution in [0.25, 0.3) is 0 Å². The van der Waals surface area contributed by atoms with Crippen molar-refractivity contribution >= 4 is 23.2 Å². The molecule has 9 heteroatoms. The van der Waals surface area contributed by atoms with E-state index in [1.807, 2.05) is 5.32 Å². The molecule has 1 aromatic heterocycles. The van der Waals surface area contributed by atoms with Gasteiger partial charge < -0.3 is 16.2 Å². The van der Waals surface area contributed by atoms with Crippen LogP contribution in [-0.2, 0) is 0 Å². The maximum absolute atomic E-state index is 12.0. The number of aliphatic hydroxyl groups excluding tert-OH is 1. The largest absolute Gasteiger partial charge is 0.416 e. The summed E-state index contributed by atoms with van der Waals surface area (Å²) in [6, 6.07) is 1.12. The van der Waals surface area contributed by atoms with Crippen LogP contribution in [0.1, 0.15) is 10.4 Å². The van der Waals surface area contributed by atoms with Gasteiger partial charge in [-0.05, 0) is 6.07 Å². The standard InChI is InChI=1S/C9H9ClF3N3O2/c10-7-1-4(5(14)2-15-7)8(18)16-3-6(17)9(11,12)13/h1-2,6,17H,3,14H2,(H,16,18). The summed E-state index contributed by atoms with van der Waals surface area (Å²) in [4.78, 5) is 15.1. The number of amides is 1. The smallest absolute Gasteiger partial charge is 0.397 e. The molecule has 0 saturated heterocycles. The monoisotopic (exact) mass is 283 g/mol. The number of nitrogens with one attached hydrogen (secondary N) is 1. The first-order valence-corrected chi connectivity index (χ1v) is 5.03. The molecule has 100 valence electrons. The van der Waals surface area contributed by atoms with Gasteiger partial charge in [0.2, 0.25) is 0 Å². The van der Waals surface area contributed by atoms with Crippen molar-refractivity contribution in [3.05, 3.63) is 23.0 Å². The van der Waals surface area contributed by atoms with Crippen LogP contribution in [0.3, 0.4) is 0 Å². The Labute approximate surface area is 105 Å². The third kappa shape index (κ3) is 3.74. The molecule has 1 rings (SSSR count). The highest BCUT2D eigenvalue weighted by atomic mass is 35.5. The van der Waals surface area contributed by atoms with Gasteiger partial charge in [-0.1, -0.05) is 11.6 Å². The average molecular weight is 284 g/mol. The molecule has 0 bridgehead atoms. The number of rotatable bonds is 3. The van der Waals surface area contributed by atoms with Crippen molar-refractivity contribution in [2.45, 2.75) is 12.3 Å². The first-order chi connectivity index (χ1) is 8.21. The van der Waals surface area contributed by atoms with E-state index >= 15 is 0 Å². The predicted molar refractivity (Wildman–Crippen MR) is 58.1 cm³/mol. The van der Waals surface area contributed by atoms with Gasteiger partial charge in [0.1, 0.15) is 5.15 Å². The van der Waals surface area contributed by atoms with Gasteiger partial charge in [0.05, 0.1) is 24.0 Å². The predicted octanol–water partition coefficient (Wildman–Crippen LogP) is 0.970. The van der Waals surface area contributed by atoms with Crippen LogP contribution in [-0.4, -0.2) is 34.8 Å². The molecule has 0 aliphatic heterocycles. The van der Waals surface area contributed by atoms with Crippen LogP contribution >= 0.6 is 11.6 Å². The SMILES string of the molecule is Nc1cnc(Cl)cc1C(=O)NCC(O)C(F)(F)F. The van der Waals surface area contributed by atoms with Crippen molar-refractivity contribution in [1.82, 2.24) is 10.3 Å². The molecule has 0 spiro atoms. The first kappa shape index (κ1) is 14.5. The molecule has 5 nitrogen and oxygen atoms in total. The summed E-state index contributed by atoms with van der Waals surface area (Å²) in [6.45, 7) is -0.971. The fourth-order valence-electron chi connectivity index (χ4n) is 1.04. The number of carbonyl (C=O) groups is 1. The van der Waals surface area contributed by atoms with E-state index in [0.717, 1.165) is 12.3 Å². The number of aromatic nitrogens is 1. The summed E-state index contributed by atoms with van der Waals surface area (Å²) in [7, 11) is 0. The minimum atomic E-state index is -4.80. The first-order valence-electron chi connectivity index (χ1n) is 4.66. The van der Waals surface area contributed by atoms with Gasteiger partial charge in [-0.15, -0.1) is 0 Å². The van der Waals surface area contributed by atoms with Crippen LogP contribution in [0.2, 0.25) is 5.15 Å². The quantitative estimate of drug-likeness (QED) is 0.721. The van der Waals surface area contributed by atoms with Crippen LogP contribution in [0, 0.1) is 0 Å². The highest BCUT2D eigenvalue weighted by Gasteiger charge is 2.38. The molecule has 0 radical (unpaired) electrons. The van der Waals surface area contributed by atoms with E-state index in [2.05, 4.69) is 4.98 Å². The molecule has 1 unspecified atom stereocenters. The maximum Gasteiger partial charge on any atom is 0.416 e. The number of hydrogen-bond donors (Lipinski definition) is 3. The lowest BCUT2D eigenvalue weighted by atomic mass is 10.2. The second-order valence-corrected chi connectivity index (χ2v) is 3.75. The second-order valence-electron chi connectivity index (χ2n) is 3.36. The molecule has 4 N–H and O–H groups in total. The Balaban J connectivity index is 2.69. The molecule has 1 heterocycles. The van der Waals surface area contributed by atoms with Gasteiger partial charge >= 0.3 is 6.18 Å². The molecule has 0 fully saturated rings. The summed E-state index contributed by atoms with van der Waals surface area (Å²) in [5.74, 6) is -0.875. The number of nitrogen functional groups attached to an aromatic ring is 1. The number of nitrogens with two attached hydrogens (primary N) is 1. The number of nitrogens with zero attached hydrogens (tertiary/aromatic N) is 1. The van der Waals surface area contributed by atoms with E-state index in [9.17, 15) is 18.0 Å². The van der Waals surface area contributed by atoms with Crippen LogP contribution < -0.4 is 11.1 Å². The zero-order valence-corrected chi connectivity index (χ0v) is 9.59. The van der Waals surface area contributed by atoms with E-state index in [-0.39, 0.29) is 16.4 Å². The Kier molecular flexibility index (Phi) is 4.36. The Morgan fingerprint density at radius 1 is 1.61 bits per heavy atom. The van der Waals surface area contributed by atoms with E-state index in [1.54, 1.807) is 0 Å². The van der Waals surface area contributed by atoms with Crippen molar-refractivity contribution in [2.24, 2.45) is 0 Å². The molecule has 1 atom stereocenters. The molecule has 0 aliphatic rings. The van der Waals surface area contributed by atoms with Crippen molar-refractivity contribution in [3.63, 3.8) is 0 Å². The van der Waals surface area contributed by atoms with Gasteiger partial charge in [-0.2, -0.15) is 13.2 Å². The van der Waals surface area contributed by atoms with Crippen molar-refractivity contribution in [1.29, 1.82) is 0 Å². The Morgan fingerprint density at radius 2 is 2.22 bits per heavy atom. The van der Waals surface area contributed by atoms with E-state index in [0.29, 0.717) is 0 Å². The Morgan fingerprint density at radius 3 is 2.78 bits per heavy atom. The van der Waals surface area contributed by atoms with Gasteiger partial charge in [-0.3, -0.25) is 4.79 Å². The molecular weight excluding hydrogens is 275 g/mol. The highest BCUT2D eigenvalue weighted by Crippen LogP contribution is 2.19. The minimum Gasteiger partial charge on any atom is -0.397 e. The number of hydrogen-bond acceptors (Lipinski definition) is 4. The summed E-state index contributed by atoms with van der Waals surface area (Å²) < 4.78 is 36.0. The number of anilines is 1. The van der Waals surface area contributed by atoms with E-state index < -0.39 is 24.7 Å². The van der Waals surface area contributed by atoms with Gasteiger partial charge in [-0.25, -0.2) is 4.98 Å². The summed E-state index contributed by atoms with van der Waals surface area (Å²) in [5.41, 5.74) is 5.28. The summed E-state index contributed by atoms with van der Waals surface area (Å²) in [6.07, 6.45) is -6.33. The maximum atomic E-state index is 12.0. The minimum absolute atomic E-state index is 0.0225. The normalized spacial score (nSPS) is 13.2. The lowest BCUT2D eigenvalue weighted by Crippen LogP contribution is -2.40. The zero-order chi connectivity index (χ0) is 13.9. The molecule has 18 heavy (non-hydrogen) atoms. The average Bonchev–Trinajstić information content (AvgIpc) is 2.27. The molecular formula is C9H9ClF3N3O2. The molecule has 0 saturated carbocycles. The van der Waals surface area contributed by atoms with Crippen LogP contribution in [0.5, 0.6) is 0 Å². The molecule has 1 amide bonds. The fraction of sp³-hybridized carbons (Fsp3) is 0.333. The Bertz CT molecular complexity index is 453. The molecule has 1 aromatic rings. The van der Waals surface area contributed by atoms with E-state index in [4.69, 9.17) is 22.4 Å². The lowest BCUT2D eigenvalue weighted by Gasteiger charge is -2.15. The number of pyridine rings is 1. The zero-order valence-electron chi connectivity index (χ0n) is 8.83. The number of halogens is 4. The van der Waals surface area contributed by atoms with Gasteiger partial charge in [0.25, 0.3) is 5.91 Å². The van der Waals surface area contributed by atoms with Crippen LogP contribution in [0.15, 0.2) is 12.3 Å². The van der Waals surface area contributed by atoms with E-state index in [1.165, 1.54) is 0 Å². The summed E-state index contributed by atoms with van der Waals surface area (Å²) in [5, 5.41) is 10.6. The Hall–Kier alpha value is -1.54. The number of aliphatic hydroxyl groups is 1. The highest BCUT2D eigenvalue weighted by molar-refractivity contribution is 6.29. The second kappa shape index (κ2) is 5.40. The third-order valence-electron chi connectivity index (χ3n) is 1.98. The summed E-state index contributed by atoms with van der Waals surface area (Å²) >= 11 is 5.52. The lowest BCUT2D eigenvalue weighted by molar-refractivity contribution is -0.201. The van der Waals surface area contributed by atoms with Crippen molar-refractivity contribution in [2.75, 3.05) is 12.3 Å². The fourth-order valence-corrected chi connectivity index (χ4v) is 1.20. The third-order valence-corrected chi connectivity index (χ3v) is 2.19. The number of alkyl halides is 3.